The number of fused-ring (bicyclic) bond motifs is 2. The molecule has 4 aromatic heterocycles. The summed E-state index contributed by atoms with van der Waals surface area (Å²) in [6.07, 6.45) is 5.69. The molecular weight excluding hydrogens is 414 g/mol. The largest absolute Gasteiger partial charge is 0.380 e. The lowest BCUT2D eigenvalue weighted by molar-refractivity contribution is 0.186. The summed E-state index contributed by atoms with van der Waals surface area (Å²) in [5.74, 6) is 0.698. The van der Waals surface area contributed by atoms with Gasteiger partial charge in [-0.25, -0.2) is 9.97 Å². The number of ether oxygens (including phenoxy) is 1. The third-order valence-corrected chi connectivity index (χ3v) is 5.87. The highest BCUT2D eigenvalue weighted by Gasteiger charge is 2.17. The summed E-state index contributed by atoms with van der Waals surface area (Å²) < 4.78 is 5.33. The Hall–Kier alpha value is -3.62. The second-order valence-corrected chi connectivity index (χ2v) is 8.53. The molecule has 5 aromatic rings. The average molecular weight is 442 g/mol. The fourth-order valence-electron chi connectivity index (χ4n) is 4.06. The zero-order valence-corrected chi connectivity index (χ0v) is 19.2. The summed E-state index contributed by atoms with van der Waals surface area (Å²) >= 11 is 0. The topological polar surface area (TPSA) is 104 Å². The van der Waals surface area contributed by atoms with Gasteiger partial charge in [-0.3, -0.25) is 10.1 Å². The summed E-state index contributed by atoms with van der Waals surface area (Å²) in [6, 6.07) is 8.55. The highest BCUT2D eigenvalue weighted by Crippen LogP contribution is 2.31. The van der Waals surface area contributed by atoms with Gasteiger partial charge in [0.25, 0.3) is 0 Å². The third-order valence-electron chi connectivity index (χ3n) is 5.87. The van der Waals surface area contributed by atoms with Crippen LogP contribution in [0.1, 0.15) is 30.5 Å². The first-order chi connectivity index (χ1) is 16.0. The maximum Gasteiger partial charge on any atom is 0.159 e. The van der Waals surface area contributed by atoms with Crippen molar-refractivity contribution in [1.82, 2.24) is 35.5 Å². The first-order valence-electron chi connectivity index (χ1n) is 11.0. The number of hydrogen-bond donors (Lipinski definition) is 3. The maximum atomic E-state index is 5.33. The molecule has 0 fully saturated rings. The van der Waals surface area contributed by atoms with Crippen LogP contribution in [0.4, 0.5) is 0 Å². The number of pyridine rings is 2. The number of rotatable bonds is 7. The SMILES string of the molecule is COCc1cccc2[nH]c(-c3n[nH]c4ncc(-c5cncc(CNC(C)C)c5C)cc34)nc12. The zero-order valence-electron chi connectivity index (χ0n) is 19.2. The first-order valence-corrected chi connectivity index (χ1v) is 11.0. The molecule has 0 aliphatic heterocycles. The number of imidazole rings is 1. The molecule has 33 heavy (non-hydrogen) atoms. The van der Waals surface area contributed by atoms with Crippen LogP contribution in [0.2, 0.25) is 0 Å². The molecule has 168 valence electrons. The molecule has 0 saturated carbocycles. The van der Waals surface area contributed by atoms with Crippen LogP contribution in [0, 0.1) is 6.92 Å². The summed E-state index contributed by atoms with van der Waals surface area (Å²) in [7, 11) is 1.69. The smallest absolute Gasteiger partial charge is 0.159 e. The molecule has 0 saturated heterocycles. The standard InChI is InChI=1S/C25H27N7O/c1-14(2)27-11-18-9-26-12-20(15(18)3)17-8-19-23(31-32-24(19)28-10-17)25-29-21-7-5-6-16(13-33-4)22(21)30-25/h5-10,12,14,27H,11,13H2,1-4H3,(H,29,30)(H,28,31,32). The molecule has 0 bridgehead atoms. The number of benzene rings is 1. The van der Waals surface area contributed by atoms with Crippen molar-refractivity contribution in [2.75, 3.05) is 7.11 Å². The Kier molecular flexibility index (Phi) is 5.62. The Morgan fingerprint density at radius 1 is 1.12 bits per heavy atom. The van der Waals surface area contributed by atoms with E-state index in [-0.39, 0.29) is 0 Å². The van der Waals surface area contributed by atoms with Gasteiger partial charge in [0.2, 0.25) is 0 Å². The van der Waals surface area contributed by atoms with Crippen molar-refractivity contribution in [2.24, 2.45) is 0 Å². The van der Waals surface area contributed by atoms with Gasteiger partial charge >= 0.3 is 0 Å². The minimum absolute atomic E-state index is 0.410. The second kappa shape index (κ2) is 8.73. The van der Waals surface area contributed by atoms with Gasteiger partial charge in [-0.1, -0.05) is 26.0 Å². The van der Waals surface area contributed by atoms with Crippen molar-refractivity contribution in [3.05, 3.63) is 59.5 Å². The molecule has 8 nitrogen and oxygen atoms in total. The maximum absolute atomic E-state index is 5.33. The van der Waals surface area contributed by atoms with Crippen molar-refractivity contribution in [3.63, 3.8) is 0 Å². The van der Waals surface area contributed by atoms with Gasteiger partial charge in [0.05, 0.1) is 23.0 Å². The molecule has 0 unspecified atom stereocenters. The van der Waals surface area contributed by atoms with Crippen molar-refractivity contribution >= 4 is 22.1 Å². The van der Waals surface area contributed by atoms with Gasteiger partial charge in [0.1, 0.15) is 5.69 Å². The van der Waals surface area contributed by atoms with Crippen molar-refractivity contribution in [2.45, 2.75) is 40.0 Å². The van der Waals surface area contributed by atoms with E-state index in [9.17, 15) is 0 Å². The Labute approximate surface area is 191 Å². The Bertz CT molecular complexity index is 1430. The van der Waals surface area contributed by atoms with E-state index in [0.29, 0.717) is 18.5 Å². The van der Waals surface area contributed by atoms with Crippen LogP contribution in [-0.2, 0) is 17.9 Å². The van der Waals surface area contributed by atoms with E-state index in [1.807, 2.05) is 36.8 Å². The summed E-state index contributed by atoms with van der Waals surface area (Å²) in [5.41, 5.74) is 8.75. The fraction of sp³-hybridized carbons (Fsp3) is 0.280. The molecule has 0 atom stereocenters. The van der Waals surface area contributed by atoms with Crippen LogP contribution in [-0.4, -0.2) is 43.3 Å². The normalized spacial score (nSPS) is 11.8. The van der Waals surface area contributed by atoms with Gasteiger partial charge in [-0.2, -0.15) is 5.10 Å². The minimum Gasteiger partial charge on any atom is -0.380 e. The molecule has 3 N–H and O–H groups in total. The fourth-order valence-corrected chi connectivity index (χ4v) is 4.06. The molecule has 0 spiro atoms. The molecule has 4 heterocycles. The van der Waals surface area contributed by atoms with E-state index < -0.39 is 0 Å². The third kappa shape index (κ3) is 3.99. The number of hydrogen-bond acceptors (Lipinski definition) is 6. The van der Waals surface area contributed by atoms with E-state index in [1.165, 1.54) is 11.1 Å². The Balaban J connectivity index is 1.58. The molecule has 8 heteroatoms. The van der Waals surface area contributed by atoms with Crippen LogP contribution < -0.4 is 5.32 Å². The molecule has 5 rings (SSSR count). The van der Waals surface area contributed by atoms with E-state index in [0.717, 1.165) is 51.0 Å². The van der Waals surface area contributed by atoms with Gasteiger partial charge < -0.3 is 15.0 Å². The summed E-state index contributed by atoms with van der Waals surface area (Å²) in [5, 5.41) is 11.9. The summed E-state index contributed by atoms with van der Waals surface area (Å²) in [4.78, 5) is 17.3. The van der Waals surface area contributed by atoms with Gasteiger partial charge in [-0.15, -0.1) is 0 Å². The van der Waals surface area contributed by atoms with E-state index in [1.54, 1.807) is 7.11 Å². The van der Waals surface area contributed by atoms with Crippen LogP contribution in [0.15, 0.2) is 42.9 Å². The lowest BCUT2D eigenvalue weighted by Crippen LogP contribution is -2.22. The predicted octanol–water partition coefficient (Wildman–Crippen LogP) is 4.52. The number of methoxy groups -OCH3 is 1. The van der Waals surface area contributed by atoms with Crippen LogP contribution >= 0.6 is 0 Å². The molecule has 0 aliphatic carbocycles. The minimum atomic E-state index is 0.410. The number of aromatic amines is 2. The number of H-pyrrole nitrogens is 2. The van der Waals surface area contributed by atoms with Crippen LogP contribution in [0.25, 0.3) is 44.7 Å². The lowest BCUT2D eigenvalue weighted by Gasteiger charge is -2.13. The van der Waals surface area contributed by atoms with Crippen LogP contribution in [0.5, 0.6) is 0 Å². The van der Waals surface area contributed by atoms with E-state index in [4.69, 9.17) is 9.72 Å². The van der Waals surface area contributed by atoms with Crippen LogP contribution in [0.3, 0.4) is 0 Å². The van der Waals surface area contributed by atoms with E-state index >= 15 is 0 Å². The quantitative estimate of drug-likeness (QED) is 0.343. The monoisotopic (exact) mass is 441 g/mol. The second-order valence-electron chi connectivity index (χ2n) is 8.53. The highest BCUT2D eigenvalue weighted by molar-refractivity contribution is 5.94. The molecule has 0 amide bonds. The van der Waals surface area contributed by atoms with Crippen molar-refractivity contribution < 1.29 is 4.74 Å². The highest BCUT2D eigenvalue weighted by atomic mass is 16.5. The molecule has 1 aromatic carbocycles. The van der Waals surface area contributed by atoms with Crippen molar-refractivity contribution in [1.29, 1.82) is 0 Å². The number of para-hydroxylation sites is 1. The predicted molar refractivity (Wildman–Crippen MR) is 130 cm³/mol. The lowest BCUT2D eigenvalue weighted by atomic mass is 9.99. The van der Waals surface area contributed by atoms with Gasteiger partial charge in [0.15, 0.2) is 11.5 Å². The average Bonchev–Trinajstić information content (AvgIpc) is 3.42. The summed E-state index contributed by atoms with van der Waals surface area (Å²) in [6.45, 7) is 7.69. The zero-order chi connectivity index (χ0) is 22.9. The number of nitrogens with zero attached hydrogens (tertiary/aromatic N) is 4. The van der Waals surface area contributed by atoms with Crippen molar-refractivity contribution in [3.8, 4) is 22.6 Å². The van der Waals surface area contributed by atoms with E-state index in [2.05, 4.69) is 57.3 Å². The van der Waals surface area contributed by atoms with Gasteiger partial charge in [0, 0.05) is 55.0 Å². The Morgan fingerprint density at radius 2 is 2.00 bits per heavy atom. The number of nitrogens with one attached hydrogen (secondary N) is 3. The molecule has 0 aliphatic rings. The molecular formula is C25H27N7O. The van der Waals surface area contributed by atoms with Gasteiger partial charge in [-0.05, 0) is 30.2 Å². The number of aromatic nitrogens is 6. The Morgan fingerprint density at radius 3 is 2.82 bits per heavy atom. The molecule has 0 radical (unpaired) electrons. The first kappa shape index (κ1) is 21.2.